The summed E-state index contributed by atoms with van der Waals surface area (Å²) in [6.07, 6.45) is -0.769. The Hall–Kier alpha value is -1.21. The summed E-state index contributed by atoms with van der Waals surface area (Å²) in [7, 11) is 1.32. The number of halogens is 3. The van der Waals surface area contributed by atoms with Crippen molar-refractivity contribution in [2.45, 2.75) is 45.1 Å². The first-order chi connectivity index (χ1) is 12.3. The van der Waals surface area contributed by atoms with Gasteiger partial charge in [-0.15, -0.1) is 0 Å². The van der Waals surface area contributed by atoms with Crippen molar-refractivity contribution in [2.24, 2.45) is 5.11 Å². The summed E-state index contributed by atoms with van der Waals surface area (Å²) in [4.78, 5) is 6.71. The molecule has 0 spiro atoms. The van der Waals surface area contributed by atoms with Crippen molar-refractivity contribution in [3.8, 4) is 0 Å². The molecule has 8 nitrogen and oxygen atoms in total. The van der Waals surface area contributed by atoms with Gasteiger partial charge in [-0.1, -0.05) is 16.9 Å². The maximum Gasteiger partial charge on any atom is 0.446 e. The fourth-order valence-electron chi connectivity index (χ4n) is 2.38. The van der Waals surface area contributed by atoms with Crippen LogP contribution in [0.2, 0.25) is 0 Å². The van der Waals surface area contributed by atoms with Gasteiger partial charge in [0.25, 0.3) is 0 Å². The zero-order chi connectivity index (χ0) is 19.3. The van der Waals surface area contributed by atoms with Gasteiger partial charge in [0, 0.05) is 34.2 Å². The maximum absolute atomic E-state index is 12.5. The molecule has 144 valence electrons. The van der Waals surface area contributed by atoms with Crippen molar-refractivity contribution >= 4 is 23.5 Å². The van der Waals surface area contributed by atoms with Gasteiger partial charge < -0.3 is 19.7 Å². The molecule has 1 aromatic heterocycles. The fourth-order valence-corrected chi connectivity index (χ4v) is 4.21. The molecule has 0 saturated carbocycles. The van der Waals surface area contributed by atoms with E-state index in [0.717, 1.165) is 18.0 Å². The summed E-state index contributed by atoms with van der Waals surface area (Å²) in [5.74, 6) is 0. The third-order valence-electron chi connectivity index (χ3n) is 3.46. The maximum atomic E-state index is 12.5. The molecule has 2 heterocycles. The number of ether oxygens (including phenoxy) is 2. The Morgan fingerprint density at radius 1 is 1.42 bits per heavy atom. The molecule has 1 aromatic rings. The molecule has 2 rings (SSSR count). The summed E-state index contributed by atoms with van der Waals surface area (Å²) in [6, 6.07) is 0.252. The molecule has 5 atom stereocenters. The predicted molar refractivity (Wildman–Crippen MR) is 87.5 cm³/mol. The van der Waals surface area contributed by atoms with Crippen LogP contribution >= 0.6 is 23.5 Å². The van der Waals surface area contributed by atoms with E-state index in [-0.39, 0.29) is 16.7 Å². The van der Waals surface area contributed by atoms with Gasteiger partial charge in [-0.25, -0.2) is 0 Å². The summed E-state index contributed by atoms with van der Waals surface area (Å²) in [6.45, 7) is -0.533. The molecule has 0 radical (unpaired) electrons. The lowest BCUT2D eigenvalue weighted by Gasteiger charge is -2.41. The van der Waals surface area contributed by atoms with Crippen LogP contribution in [-0.4, -0.2) is 64.2 Å². The minimum atomic E-state index is -4.44. The number of hydrogen-bond donors (Lipinski definition) is 2. The Balaban J connectivity index is 2.23. The van der Waals surface area contributed by atoms with Gasteiger partial charge in [0.05, 0.1) is 18.8 Å². The number of alkyl halides is 3. The Morgan fingerprint density at radius 2 is 2.12 bits per heavy atom. The third-order valence-corrected chi connectivity index (χ3v) is 5.25. The first-order valence-corrected chi connectivity index (χ1v) is 8.87. The van der Waals surface area contributed by atoms with Crippen molar-refractivity contribution in [3.63, 3.8) is 0 Å². The van der Waals surface area contributed by atoms with Gasteiger partial charge in [0.15, 0.2) is 0 Å². The molecular weight excluding hydrogens is 397 g/mol. The van der Waals surface area contributed by atoms with E-state index in [4.69, 9.17) is 15.0 Å². The highest BCUT2D eigenvalue weighted by Gasteiger charge is 2.45. The fraction of sp³-hybridized carbons (Fsp3) is 0.615. The Bertz CT molecular complexity index is 663. The van der Waals surface area contributed by atoms with Gasteiger partial charge in [-0.3, -0.25) is 4.98 Å². The van der Waals surface area contributed by atoms with Gasteiger partial charge in [0.1, 0.15) is 17.6 Å². The van der Waals surface area contributed by atoms with Crippen LogP contribution in [0, 0.1) is 0 Å². The zero-order valence-electron chi connectivity index (χ0n) is 13.3. The van der Waals surface area contributed by atoms with Crippen molar-refractivity contribution in [2.75, 3.05) is 13.7 Å². The lowest BCUT2D eigenvalue weighted by Crippen LogP contribution is -2.57. The van der Waals surface area contributed by atoms with E-state index < -0.39 is 41.9 Å². The average Bonchev–Trinajstić information content (AvgIpc) is 2.56. The molecule has 0 bridgehead atoms. The smallest absolute Gasteiger partial charge is 0.394 e. The second-order valence-electron chi connectivity index (χ2n) is 5.13. The van der Waals surface area contributed by atoms with Crippen LogP contribution in [-0.2, 0) is 9.47 Å². The average molecular weight is 412 g/mol. The van der Waals surface area contributed by atoms with Gasteiger partial charge in [0.2, 0.25) is 0 Å². The topological polar surface area (TPSA) is 121 Å². The predicted octanol–water partition coefficient (Wildman–Crippen LogP) is 2.56. The summed E-state index contributed by atoms with van der Waals surface area (Å²) in [5, 5.41) is 23.0. The van der Waals surface area contributed by atoms with Crippen LogP contribution in [0.4, 0.5) is 13.2 Å². The minimum absolute atomic E-state index is 0.0994. The molecule has 1 aliphatic rings. The highest BCUT2D eigenvalue weighted by molar-refractivity contribution is 8.00. The standard InChI is InChI=1S/C13H15F3N4O4S2/c1-23-11-9(19-20-17)10(22)8(5-21)24-12(11)25-6-2-7(4-18-3-6)26-13(14,15)16/h2-4,8-12,21-22H,5H2,1H3/t8-,9+,10+,11-,12-/m1/s1. The van der Waals surface area contributed by atoms with Gasteiger partial charge in [-0.05, 0) is 23.4 Å². The van der Waals surface area contributed by atoms with Crippen molar-refractivity contribution < 1.29 is 32.9 Å². The van der Waals surface area contributed by atoms with Crippen LogP contribution in [0.1, 0.15) is 0 Å². The second kappa shape index (κ2) is 9.13. The van der Waals surface area contributed by atoms with Crippen molar-refractivity contribution in [1.82, 2.24) is 4.98 Å². The summed E-state index contributed by atoms with van der Waals surface area (Å²) >= 11 is 0.695. The number of pyridine rings is 1. The normalized spacial score (nSPS) is 29.2. The number of aromatic nitrogens is 1. The quantitative estimate of drug-likeness (QED) is 0.319. The highest BCUT2D eigenvalue weighted by Crippen LogP contribution is 2.40. The number of thioether (sulfide) groups is 2. The van der Waals surface area contributed by atoms with Gasteiger partial charge >= 0.3 is 5.51 Å². The lowest BCUT2D eigenvalue weighted by atomic mass is 9.98. The Kier molecular flexibility index (Phi) is 7.41. The Labute approximate surface area is 154 Å². The number of hydrogen-bond acceptors (Lipinski definition) is 8. The SMILES string of the molecule is CO[C@@H]1[C@@H](N=[N+]=[N-])[C@@H](O)[C@@H](CO)O[C@@H]1Sc1cncc(SC(F)(F)F)c1. The lowest BCUT2D eigenvalue weighted by molar-refractivity contribution is -0.167. The molecular formula is C13H15F3N4O4S2. The van der Waals surface area contributed by atoms with Crippen molar-refractivity contribution in [1.29, 1.82) is 0 Å². The number of methoxy groups -OCH3 is 1. The van der Waals surface area contributed by atoms with E-state index in [1.807, 2.05) is 0 Å². The monoisotopic (exact) mass is 412 g/mol. The third kappa shape index (κ3) is 5.39. The molecule has 1 fully saturated rings. The number of nitrogens with zero attached hydrogens (tertiary/aromatic N) is 4. The van der Waals surface area contributed by atoms with E-state index in [1.165, 1.54) is 19.4 Å². The second-order valence-corrected chi connectivity index (χ2v) is 7.44. The van der Waals surface area contributed by atoms with Gasteiger partial charge in [-0.2, -0.15) is 13.2 Å². The van der Waals surface area contributed by atoms with E-state index in [9.17, 15) is 23.4 Å². The van der Waals surface area contributed by atoms with E-state index in [1.54, 1.807) is 0 Å². The summed E-state index contributed by atoms with van der Waals surface area (Å²) in [5.41, 5.74) is 3.40. The minimum Gasteiger partial charge on any atom is -0.394 e. The van der Waals surface area contributed by atoms with Crippen LogP contribution in [0.5, 0.6) is 0 Å². The molecule has 13 heteroatoms. The largest absolute Gasteiger partial charge is 0.446 e. The van der Waals surface area contributed by atoms with Crippen LogP contribution in [0.25, 0.3) is 10.4 Å². The number of rotatable bonds is 6. The van der Waals surface area contributed by atoms with E-state index in [0.29, 0.717) is 4.90 Å². The Morgan fingerprint density at radius 3 is 2.69 bits per heavy atom. The van der Waals surface area contributed by atoms with E-state index in [2.05, 4.69) is 15.0 Å². The first-order valence-electron chi connectivity index (χ1n) is 7.18. The van der Waals surface area contributed by atoms with Crippen LogP contribution < -0.4 is 0 Å². The molecule has 0 aromatic carbocycles. The summed E-state index contributed by atoms with van der Waals surface area (Å²) < 4.78 is 48.3. The zero-order valence-corrected chi connectivity index (χ0v) is 14.9. The molecule has 0 unspecified atom stereocenters. The first kappa shape index (κ1) is 21.1. The highest BCUT2D eigenvalue weighted by atomic mass is 32.2. The van der Waals surface area contributed by atoms with Crippen LogP contribution in [0.15, 0.2) is 33.4 Å². The molecule has 26 heavy (non-hydrogen) atoms. The van der Waals surface area contributed by atoms with Crippen LogP contribution in [0.3, 0.4) is 0 Å². The number of aliphatic hydroxyl groups excluding tert-OH is 2. The molecule has 2 N–H and O–H groups in total. The van der Waals surface area contributed by atoms with Crippen molar-refractivity contribution in [3.05, 3.63) is 28.9 Å². The van der Waals surface area contributed by atoms with E-state index >= 15 is 0 Å². The number of aliphatic hydroxyl groups is 2. The molecule has 0 amide bonds. The molecule has 0 aliphatic carbocycles. The molecule has 1 aliphatic heterocycles. The number of azide groups is 1. The molecule has 1 saturated heterocycles.